The molecular weight excluding hydrogens is 283 g/mol. The maximum Gasteiger partial charge on any atom is 0.228 e. The Morgan fingerprint density at radius 3 is 2.36 bits per heavy atom. The van der Waals surface area contributed by atoms with E-state index in [4.69, 9.17) is 0 Å². The van der Waals surface area contributed by atoms with Gasteiger partial charge in [-0.25, -0.2) is 4.39 Å². The second-order valence-corrected chi connectivity index (χ2v) is 4.95. The van der Waals surface area contributed by atoms with Gasteiger partial charge < -0.3 is 10.2 Å². The van der Waals surface area contributed by atoms with Crippen molar-refractivity contribution in [2.24, 2.45) is 0 Å². The van der Waals surface area contributed by atoms with E-state index in [1.807, 2.05) is 0 Å². The summed E-state index contributed by atoms with van der Waals surface area (Å²) in [5, 5.41) is 2.78. The van der Waals surface area contributed by atoms with Crippen molar-refractivity contribution in [3.63, 3.8) is 0 Å². The van der Waals surface area contributed by atoms with Gasteiger partial charge in [-0.1, -0.05) is 24.3 Å². The molecule has 0 bridgehead atoms. The lowest BCUT2D eigenvalue weighted by Crippen LogP contribution is -2.25. The Hall–Kier alpha value is -2.69. The van der Waals surface area contributed by atoms with Gasteiger partial charge in [0.15, 0.2) is 0 Å². The average Bonchev–Trinajstić information content (AvgIpc) is 2.49. The van der Waals surface area contributed by atoms with E-state index in [2.05, 4.69) is 5.32 Å². The molecule has 1 N–H and O–H groups in total. The van der Waals surface area contributed by atoms with Crippen LogP contribution in [-0.4, -0.2) is 18.9 Å². The Morgan fingerprint density at radius 2 is 1.73 bits per heavy atom. The summed E-state index contributed by atoms with van der Waals surface area (Å²) in [5.74, 6) is -0.686. The molecule has 4 nitrogen and oxygen atoms in total. The van der Waals surface area contributed by atoms with Crippen molar-refractivity contribution in [3.05, 3.63) is 59.9 Å². The van der Waals surface area contributed by atoms with E-state index in [0.717, 1.165) is 5.56 Å². The number of nitrogens with one attached hydrogen (secondary N) is 1. The van der Waals surface area contributed by atoms with E-state index >= 15 is 0 Å². The Kier molecular flexibility index (Phi) is 4.88. The predicted molar refractivity (Wildman–Crippen MR) is 84.3 cm³/mol. The van der Waals surface area contributed by atoms with Crippen LogP contribution in [-0.2, 0) is 16.0 Å². The molecule has 0 aliphatic heterocycles. The van der Waals surface area contributed by atoms with Gasteiger partial charge in [0.25, 0.3) is 0 Å². The van der Waals surface area contributed by atoms with Crippen LogP contribution in [0.2, 0.25) is 0 Å². The van der Waals surface area contributed by atoms with Gasteiger partial charge in [0.2, 0.25) is 11.8 Å². The molecule has 0 unspecified atom stereocenters. The molecule has 114 valence electrons. The summed E-state index contributed by atoms with van der Waals surface area (Å²) >= 11 is 0. The highest BCUT2D eigenvalue weighted by Gasteiger charge is 2.12. The summed E-state index contributed by atoms with van der Waals surface area (Å²) in [6.45, 7) is 1.46. The summed E-state index contributed by atoms with van der Waals surface area (Å²) in [4.78, 5) is 25.1. The molecule has 0 aromatic heterocycles. The van der Waals surface area contributed by atoms with E-state index in [0.29, 0.717) is 11.4 Å². The third-order valence-electron chi connectivity index (χ3n) is 3.29. The molecular formula is C17H17FN2O2. The van der Waals surface area contributed by atoms with Gasteiger partial charge in [-0.2, -0.15) is 0 Å². The minimum Gasteiger partial charge on any atom is -0.324 e. The second-order valence-electron chi connectivity index (χ2n) is 4.95. The number of halogens is 1. The molecule has 5 heteroatoms. The third-order valence-corrected chi connectivity index (χ3v) is 3.29. The standard InChI is InChI=1S/C17H17FN2O2/c1-12(21)20(2)16-6-4-3-5-15(16)19-17(22)11-13-7-9-14(18)10-8-13/h3-10H,11H2,1-2H3,(H,19,22). The van der Waals surface area contributed by atoms with Crippen molar-refractivity contribution >= 4 is 23.2 Å². The van der Waals surface area contributed by atoms with Gasteiger partial charge in [0, 0.05) is 14.0 Å². The lowest BCUT2D eigenvalue weighted by molar-refractivity contribution is -0.117. The van der Waals surface area contributed by atoms with Gasteiger partial charge in [-0.05, 0) is 29.8 Å². The lowest BCUT2D eigenvalue weighted by Gasteiger charge is -2.19. The number of hydrogen-bond donors (Lipinski definition) is 1. The Balaban J connectivity index is 2.11. The monoisotopic (exact) mass is 300 g/mol. The van der Waals surface area contributed by atoms with Crippen molar-refractivity contribution in [2.75, 3.05) is 17.3 Å². The van der Waals surface area contributed by atoms with E-state index < -0.39 is 0 Å². The van der Waals surface area contributed by atoms with Gasteiger partial charge in [-0.15, -0.1) is 0 Å². The molecule has 2 rings (SSSR count). The third kappa shape index (κ3) is 3.91. The van der Waals surface area contributed by atoms with E-state index in [-0.39, 0.29) is 24.1 Å². The van der Waals surface area contributed by atoms with Crippen LogP contribution >= 0.6 is 0 Å². The molecule has 0 spiro atoms. The van der Waals surface area contributed by atoms with Crippen molar-refractivity contribution in [1.82, 2.24) is 0 Å². The number of nitrogens with zero attached hydrogens (tertiary/aromatic N) is 1. The molecule has 22 heavy (non-hydrogen) atoms. The fourth-order valence-electron chi connectivity index (χ4n) is 2.02. The lowest BCUT2D eigenvalue weighted by atomic mass is 10.1. The second kappa shape index (κ2) is 6.85. The molecule has 0 heterocycles. The minimum absolute atomic E-state index is 0.125. The van der Waals surface area contributed by atoms with Crippen molar-refractivity contribution in [3.8, 4) is 0 Å². The van der Waals surface area contributed by atoms with Crippen molar-refractivity contribution in [1.29, 1.82) is 0 Å². The zero-order valence-corrected chi connectivity index (χ0v) is 12.5. The van der Waals surface area contributed by atoms with Crippen LogP contribution in [0.1, 0.15) is 12.5 Å². The average molecular weight is 300 g/mol. The van der Waals surface area contributed by atoms with Crippen LogP contribution < -0.4 is 10.2 Å². The van der Waals surface area contributed by atoms with Crippen LogP contribution in [0.5, 0.6) is 0 Å². The number of carbonyl (C=O) groups excluding carboxylic acids is 2. The first-order valence-corrected chi connectivity index (χ1v) is 6.85. The number of rotatable bonds is 4. The van der Waals surface area contributed by atoms with E-state index in [1.165, 1.54) is 24.0 Å². The molecule has 0 fully saturated rings. The smallest absolute Gasteiger partial charge is 0.228 e. The Labute approximate surface area is 128 Å². The molecule has 0 aliphatic carbocycles. The largest absolute Gasteiger partial charge is 0.324 e. The predicted octanol–water partition coefficient (Wildman–Crippen LogP) is 2.99. The Bertz CT molecular complexity index is 683. The number of benzene rings is 2. The van der Waals surface area contributed by atoms with Crippen molar-refractivity contribution in [2.45, 2.75) is 13.3 Å². The first-order chi connectivity index (χ1) is 10.5. The van der Waals surface area contributed by atoms with Gasteiger partial charge in [-0.3, -0.25) is 9.59 Å². The maximum absolute atomic E-state index is 12.9. The van der Waals surface area contributed by atoms with Crippen LogP contribution in [0, 0.1) is 5.82 Å². The fourth-order valence-corrected chi connectivity index (χ4v) is 2.02. The molecule has 0 aliphatic rings. The summed E-state index contributed by atoms with van der Waals surface area (Å²) in [7, 11) is 1.65. The Morgan fingerprint density at radius 1 is 1.09 bits per heavy atom. The number of hydrogen-bond acceptors (Lipinski definition) is 2. The highest BCUT2D eigenvalue weighted by Crippen LogP contribution is 2.24. The number of carbonyl (C=O) groups is 2. The molecule has 0 saturated carbocycles. The minimum atomic E-state index is -0.336. The van der Waals surface area contributed by atoms with Crippen LogP contribution in [0.15, 0.2) is 48.5 Å². The SMILES string of the molecule is CC(=O)N(C)c1ccccc1NC(=O)Cc1ccc(F)cc1. The molecule has 2 amide bonds. The molecule has 0 saturated heterocycles. The molecule has 2 aromatic carbocycles. The summed E-state index contributed by atoms with van der Waals surface area (Å²) in [5.41, 5.74) is 1.91. The quantitative estimate of drug-likeness (QED) is 0.943. The fraction of sp³-hybridized carbons (Fsp3) is 0.176. The zero-order chi connectivity index (χ0) is 16.1. The number of amides is 2. The molecule has 0 radical (unpaired) electrons. The zero-order valence-electron chi connectivity index (χ0n) is 12.5. The van der Waals surface area contributed by atoms with Crippen LogP contribution in [0.4, 0.5) is 15.8 Å². The molecule has 0 atom stereocenters. The summed E-state index contributed by atoms with van der Waals surface area (Å²) in [6.07, 6.45) is 0.137. The highest BCUT2D eigenvalue weighted by atomic mass is 19.1. The van der Waals surface area contributed by atoms with E-state index in [9.17, 15) is 14.0 Å². The van der Waals surface area contributed by atoms with Gasteiger partial charge in [0.05, 0.1) is 17.8 Å². The maximum atomic E-state index is 12.9. The van der Waals surface area contributed by atoms with Gasteiger partial charge >= 0.3 is 0 Å². The first-order valence-electron chi connectivity index (χ1n) is 6.85. The van der Waals surface area contributed by atoms with Gasteiger partial charge in [0.1, 0.15) is 5.82 Å². The molecule has 2 aromatic rings. The van der Waals surface area contributed by atoms with E-state index in [1.54, 1.807) is 43.4 Å². The highest BCUT2D eigenvalue weighted by molar-refractivity contribution is 6.00. The first kappa shape index (κ1) is 15.7. The van der Waals surface area contributed by atoms with Crippen molar-refractivity contribution < 1.29 is 14.0 Å². The topological polar surface area (TPSA) is 49.4 Å². The number of anilines is 2. The van der Waals surface area contributed by atoms with Crippen LogP contribution in [0.3, 0.4) is 0 Å². The number of para-hydroxylation sites is 2. The summed E-state index contributed by atoms with van der Waals surface area (Å²) in [6, 6.07) is 12.9. The van der Waals surface area contributed by atoms with Crippen LogP contribution in [0.25, 0.3) is 0 Å². The summed E-state index contributed by atoms with van der Waals surface area (Å²) < 4.78 is 12.9. The normalized spacial score (nSPS) is 10.1.